The molecule has 0 aliphatic carbocycles. The fourth-order valence-electron chi connectivity index (χ4n) is 3.54. The van der Waals surface area contributed by atoms with Gasteiger partial charge in [-0.25, -0.2) is 0 Å². The smallest absolute Gasteiger partial charge is 0.374 e. The van der Waals surface area contributed by atoms with E-state index in [1.807, 2.05) is 63.1 Å². The maximum absolute atomic E-state index is 13.6. The van der Waals surface area contributed by atoms with Gasteiger partial charge in [0.05, 0.1) is 0 Å². The Morgan fingerprint density at radius 2 is 1.57 bits per heavy atom. The average molecular weight is 516 g/mol. The van der Waals surface area contributed by atoms with Gasteiger partial charge >= 0.3 is 6.18 Å². The number of unbranched alkanes of at least 4 members (excludes halogenated alkanes) is 1. The van der Waals surface area contributed by atoms with E-state index in [0.717, 1.165) is 61.9 Å². The van der Waals surface area contributed by atoms with Crippen LogP contribution in [0.5, 0.6) is 0 Å². The lowest BCUT2D eigenvalue weighted by Gasteiger charge is -2.26. The van der Waals surface area contributed by atoms with Crippen molar-refractivity contribution in [3.05, 3.63) is 52.6 Å². The predicted octanol–water partition coefficient (Wildman–Crippen LogP) is 7.97. The van der Waals surface area contributed by atoms with Gasteiger partial charge in [0, 0.05) is 47.8 Å². The molecular weight excluding hydrogens is 467 g/mol. The van der Waals surface area contributed by atoms with Crippen LogP contribution in [0.4, 0.5) is 13.2 Å². The number of halogens is 3. The molecule has 0 spiro atoms. The Balaban J connectivity index is 0.00000562. The summed E-state index contributed by atoms with van der Waals surface area (Å²) in [6.07, 6.45) is -0.348. The first-order chi connectivity index (χ1) is 16.8. The lowest BCUT2D eigenvalue weighted by Crippen LogP contribution is -2.33. The highest BCUT2D eigenvalue weighted by Gasteiger charge is 2.32. The van der Waals surface area contributed by atoms with Crippen LogP contribution >= 0.6 is 11.8 Å². The van der Waals surface area contributed by atoms with Gasteiger partial charge in [0.25, 0.3) is 0 Å². The molecule has 1 rings (SSSR count). The van der Waals surface area contributed by atoms with Gasteiger partial charge in [-0.3, -0.25) is 0 Å². The molecule has 3 nitrogen and oxygen atoms in total. The van der Waals surface area contributed by atoms with Gasteiger partial charge in [0.15, 0.2) is 0 Å². The molecule has 0 aliphatic heterocycles. The lowest BCUT2D eigenvalue weighted by atomic mass is 10.1. The van der Waals surface area contributed by atoms with Crippen molar-refractivity contribution >= 4 is 11.8 Å². The Labute approximate surface area is 217 Å². The van der Waals surface area contributed by atoms with E-state index in [2.05, 4.69) is 24.1 Å². The minimum atomic E-state index is -4.31. The second kappa shape index (κ2) is 19.7. The fraction of sp³-hybridized carbons (Fsp3) is 0.643. The van der Waals surface area contributed by atoms with Gasteiger partial charge in [0.1, 0.15) is 0 Å². The Hall–Kier alpha value is -1.44. The van der Waals surface area contributed by atoms with E-state index in [9.17, 15) is 13.2 Å². The molecule has 0 aliphatic rings. The molecule has 7 heteroatoms. The molecule has 0 fully saturated rings. The van der Waals surface area contributed by atoms with Crippen LogP contribution < -0.4 is 5.32 Å². The second-order valence-electron chi connectivity index (χ2n) is 8.01. The molecule has 0 saturated heterocycles. The number of benzene rings is 1. The number of hydrogen-bond donors (Lipinski definition) is 1. The van der Waals surface area contributed by atoms with Crippen molar-refractivity contribution in [3.8, 4) is 0 Å². The quantitative estimate of drug-likeness (QED) is 0.137. The van der Waals surface area contributed by atoms with Gasteiger partial charge in [0.2, 0.25) is 0 Å². The van der Waals surface area contributed by atoms with E-state index in [-0.39, 0.29) is 6.42 Å². The summed E-state index contributed by atoms with van der Waals surface area (Å²) in [5.74, 6) is 0. The van der Waals surface area contributed by atoms with Gasteiger partial charge in [-0.05, 0) is 63.5 Å². The Morgan fingerprint density at radius 1 is 0.943 bits per heavy atom. The minimum Gasteiger partial charge on any atom is -0.374 e. The molecule has 0 bridgehead atoms. The third kappa shape index (κ3) is 14.0. The van der Waals surface area contributed by atoms with Crippen molar-refractivity contribution in [1.82, 2.24) is 15.1 Å². The summed E-state index contributed by atoms with van der Waals surface area (Å²) in [6.45, 7) is 17.6. The number of nitrogens with zero attached hydrogens (tertiary/aromatic N) is 2. The van der Waals surface area contributed by atoms with E-state index in [4.69, 9.17) is 0 Å². The minimum absolute atomic E-state index is 0.0366. The molecule has 1 aromatic rings. The highest BCUT2D eigenvalue weighted by atomic mass is 32.2. The number of alkyl halides is 3. The third-order valence-electron chi connectivity index (χ3n) is 5.58. The maximum atomic E-state index is 13.6. The van der Waals surface area contributed by atoms with E-state index >= 15 is 0 Å². The summed E-state index contributed by atoms with van der Waals surface area (Å²) < 4.78 is 40.7. The van der Waals surface area contributed by atoms with Crippen molar-refractivity contribution in [3.63, 3.8) is 0 Å². The molecule has 0 radical (unpaired) electrons. The third-order valence-corrected chi connectivity index (χ3v) is 6.83. The summed E-state index contributed by atoms with van der Waals surface area (Å²) in [6, 6.07) is 9.86. The van der Waals surface area contributed by atoms with E-state index < -0.39 is 11.7 Å². The second-order valence-corrected chi connectivity index (χ2v) is 9.18. The summed E-state index contributed by atoms with van der Waals surface area (Å²) in [5, 5.41) is 3.35. The van der Waals surface area contributed by atoms with Gasteiger partial charge in [-0.15, -0.1) is 0 Å². The first-order valence-electron chi connectivity index (χ1n) is 13.1. The van der Waals surface area contributed by atoms with Crippen molar-refractivity contribution in [2.45, 2.75) is 78.3 Å². The highest BCUT2D eigenvalue weighted by molar-refractivity contribution is 8.03. The summed E-state index contributed by atoms with van der Waals surface area (Å²) in [7, 11) is 1.92. The van der Waals surface area contributed by atoms with Gasteiger partial charge < -0.3 is 15.1 Å². The van der Waals surface area contributed by atoms with Gasteiger partial charge in [-0.1, -0.05) is 71.5 Å². The van der Waals surface area contributed by atoms with Crippen LogP contribution in [0.2, 0.25) is 0 Å². The lowest BCUT2D eigenvalue weighted by molar-refractivity contribution is -0.0936. The molecule has 0 aromatic heterocycles. The predicted molar refractivity (Wildman–Crippen MR) is 148 cm³/mol. The van der Waals surface area contributed by atoms with E-state index in [0.29, 0.717) is 12.1 Å². The molecule has 1 N–H and O–H groups in total. The van der Waals surface area contributed by atoms with Crippen LogP contribution in [0, 0.1) is 0 Å². The number of nitrogens with one attached hydrogen (secondary N) is 1. The Bertz CT molecular complexity index is 718. The zero-order chi connectivity index (χ0) is 26.7. The van der Waals surface area contributed by atoms with Crippen LogP contribution in [-0.2, 0) is 0 Å². The first-order valence-corrected chi connectivity index (χ1v) is 14.0. The molecule has 0 saturated carbocycles. The monoisotopic (exact) mass is 515 g/mol. The molecule has 0 amide bonds. The number of likely N-dealkylation sites (N-methyl/N-ethyl adjacent to an activating group) is 3. The van der Waals surface area contributed by atoms with Crippen molar-refractivity contribution in [1.29, 1.82) is 0 Å². The van der Waals surface area contributed by atoms with Crippen LogP contribution in [0.1, 0.15) is 67.2 Å². The molecule has 0 atom stereocenters. The Morgan fingerprint density at radius 3 is 2.09 bits per heavy atom. The van der Waals surface area contributed by atoms with Crippen LogP contribution in [0.3, 0.4) is 0 Å². The fourth-order valence-corrected chi connectivity index (χ4v) is 4.58. The van der Waals surface area contributed by atoms with Crippen LogP contribution in [0.15, 0.2) is 57.5 Å². The van der Waals surface area contributed by atoms with Gasteiger partial charge in [-0.2, -0.15) is 13.2 Å². The number of rotatable bonds is 16. The molecule has 202 valence electrons. The average Bonchev–Trinajstić information content (AvgIpc) is 2.86. The van der Waals surface area contributed by atoms with Crippen LogP contribution in [0.25, 0.3) is 0 Å². The zero-order valence-corrected chi connectivity index (χ0v) is 23.8. The topological polar surface area (TPSA) is 18.5 Å². The first kappa shape index (κ1) is 33.6. The molecular formula is C28H48F3N3S. The molecule has 0 unspecified atom stereocenters. The summed E-state index contributed by atoms with van der Waals surface area (Å²) >= 11 is 1.56. The molecule has 35 heavy (non-hydrogen) atoms. The standard InChI is InChI=1S/C26H42F3N3S.C2H6/c1-6-22(26(27,28)29)21-24(25(7-2)33-23-15-11-10-12-16-23)31(5)18-13-14-19-32(9-4)20-17-30-8-3;1-2/h10-12,15-16,21,30H,6-9,13-14,17-20H2,1-5H3;1-2H3/b22-21+,25-24-;. The number of hydrogen-bond acceptors (Lipinski definition) is 4. The van der Waals surface area contributed by atoms with Crippen molar-refractivity contribution < 1.29 is 13.2 Å². The SMILES string of the molecule is CC.CCNCCN(CC)CCCCN(C)C(/C=C(\CC)C(F)(F)F)=C(/CC)Sc1ccccc1. The van der Waals surface area contributed by atoms with Crippen LogP contribution in [-0.4, -0.2) is 62.3 Å². The zero-order valence-electron chi connectivity index (χ0n) is 23.0. The largest absolute Gasteiger partial charge is 0.412 e. The summed E-state index contributed by atoms with van der Waals surface area (Å²) in [4.78, 5) is 6.42. The molecule has 0 heterocycles. The summed E-state index contributed by atoms with van der Waals surface area (Å²) in [5.41, 5.74) is 0.199. The van der Waals surface area contributed by atoms with Crippen molar-refractivity contribution in [2.24, 2.45) is 0 Å². The maximum Gasteiger partial charge on any atom is 0.412 e. The van der Waals surface area contributed by atoms with E-state index in [1.54, 1.807) is 18.7 Å². The van der Waals surface area contributed by atoms with E-state index in [1.165, 1.54) is 6.08 Å². The number of allylic oxidation sites excluding steroid dienone is 3. The normalized spacial score (nSPS) is 12.8. The highest BCUT2D eigenvalue weighted by Crippen LogP contribution is 2.35. The molecule has 1 aromatic carbocycles. The Kier molecular flexibility index (Phi) is 18.9. The van der Waals surface area contributed by atoms with Crippen molar-refractivity contribution in [2.75, 3.05) is 46.3 Å². The number of thioether (sulfide) groups is 1.